The molecule has 0 aromatic carbocycles. The quantitative estimate of drug-likeness (QED) is 0.789. The lowest BCUT2D eigenvalue weighted by Gasteiger charge is -2.31. The number of piperidine rings is 1. The first-order valence-corrected chi connectivity index (χ1v) is 8.83. The van der Waals surface area contributed by atoms with Crippen molar-refractivity contribution in [3.8, 4) is 0 Å². The van der Waals surface area contributed by atoms with Gasteiger partial charge in [-0.2, -0.15) is 0 Å². The molecule has 118 valence electrons. The van der Waals surface area contributed by atoms with Crippen LogP contribution in [-0.2, 0) is 21.2 Å². The van der Waals surface area contributed by atoms with Crippen molar-refractivity contribution in [2.24, 2.45) is 0 Å². The Morgan fingerprint density at radius 1 is 1.33 bits per heavy atom. The Labute approximate surface area is 125 Å². The summed E-state index contributed by atoms with van der Waals surface area (Å²) >= 11 is 0. The SMILES string of the molecule is O=S(=O)(CCc1ccccn1)N1CCC(OCCO)CC1. The second-order valence-electron chi connectivity index (χ2n) is 5.08. The van der Waals surface area contributed by atoms with Crippen LogP contribution >= 0.6 is 0 Å². The van der Waals surface area contributed by atoms with Gasteiger partial charge in [-0.3, -0.25) is 4.98 Å². The van der Waals surface area contributed by atoms with Crippen molar-refractivity contribution < 1.29 is 18.3 Å². The molecule has 1 aliphatic heterocycles. The monoisotopic (exact) mass is 314 g/mol. The van der Waals surface area contributed by atoms with Crippen LogP contribution in [0.2, 0.25) is 0 Å². The Hall–Kier alpha value is -1.02. The van der Waals surface area contributed by atoms with E-state index in [2.05, 4.69) is 4.98 Å². The summed E-state index contributed by atoms with van der Waals surface area (Å²) in [6.07, 6.45) is 3.53. The number of sulfonamides is 1. The molecule has 0 bridgehead atoms. The second-order valence-corrected chi connectivity index (χ2v) is 7.17. The highest BCUT2D eigenvalue weighted by molar-refractivity contribution is 7.89. The third kappa shape index (κ3) is 5.03. The van der Waals surface area contributed by atoms with Crippen molar-refractivity contribution in [3.63, 3.8) is 0 Å². The highest BCUT2D eigenvalue weighted by atomic mass is 32.2. The summed E-state index contributed by atoms with van der Waals surface area (Å²) < 4.78 is 31.6. The molecule has 0 amide bonds. The van der Waals surface area contributed by atoms with Crippen LogP contribution in [0.15, 0.2) is 24.4 Å². The predicted molar refractivity (Wildman–Crippen MR) is 79.4 cm³/mol. The van der Waals surface area contributed by atoms with Gasteiger partial charge in [0.25, 0.3) is 0 Å². The molecule has 0 spiro atoms. The van der Waals surface area contributed by atoms with Crippen LogP contribution < -0.4 is 0 Å². The highest BCUT2D eigenvalue weighted by Gasteiger charge is 2.28. The van der Waals surface area contributed by atoms with Crippen molar-refractivity contribution in [1.29, 1.82) is 0 Å². The zero-order chi connectivity index (χ0) is 15.1. The van der Waals surface area contributed by atoms with Gasteiger partial charge in [0, 0.05) is 31.4 Å². The second kappa shape index (κ2) is 7.84. The van der Waals surface area contributed by atoms with Crippen LogP contribution in [0.3, 0.4) is 0 Å². The summed E-state index contributed by atoms with van der Waals surface area (Å²) in [7, 11) is -3.24. The third-order valence-electron chi connectivity index (χ3n) is 3.58. The van der Waals surface area contributed by atoms with Crippen LogP contribution in [-0.4, -0.2) is 61.0 Å². The highest BCUT2D eigenvalue weighted by Crippen LogP contribution is 2.17. The summed E-state index contributed by atoms with van der Waals surface area (Å²) in [6.45, 7) is 1.29. The van der Waals surface area contributed by atoms with Gasteiger partial charge in [0.15, 0.2) is 0 Å². The van der Waals surface area contributed by atoms with Gasteiger partial charge in [0.2, 0.25) is 10.0 Å². The van der Waals surface area contributed by atoms with E-state index in [0.717, 1.165) is 5.69 Å². The molecule has 1 aliphatic rings. The number of aryl methyl sites for hydroxylation is 1. The molecular weight excluding hydrogens is 292 g/mol. The van der Waals surface area contributed by atoms with Crippen LogP contribution in [0.1, 0.15) is 18.5 Å². The maximum Gasteiger partial charge on any atom is 0.214 e. The lowest BCUT2D eigenvalue weighted by atomic mass is 10.1. The van der Waals surface area contributed by atoms with E-state index in [4.69, 9.17) is 9.84 Å². The molecule has 21 heavy (non-hydrogen) atoms. The molecule has 0 unspecified atom stereocenters. The molecule has 1 aromatic heterocycles. The number of aliphatic hydroxyl groups excluding tert-OH is 1. The molecule has 1 N–H and O–H groups in total. The third-order valence-corrected chi connectivity index (χ3v) is 5.45. The fourth-order valence-electron chi connectivity index (χ4n) is 2.40. The van der Waals surface area contributed by atoms with Gasteiger partial charge in [0.1, 0.15) is 0 Å². The van der Waals surface area contributed by atoms with E-state index in [-0.39, 0.29) is 18.5 Å². The first-order valence-electron chi connectivity index (χ1n) is 7.22. The lowest BCUT2D eigenvalue weighted by molar-refractivity contribution is 0.00319. The predicted octanol–water partition coefficient (Wildman–Crippen LogP) is 0.427. The lowest BCUT2D eigenvalue weighted by Crippen LogP contribution is -2.42. The Bertz CT molecular complexity index is 513. The van der Waals surface area contributed by atoms with E-state index in [1.54, 1.807) is 6.20 Å². The molecule has 2 heterocycles. The summed E-state index contributed by atoms with van der Waals surface area (Å²) in [5, 5.41) is 8.72. The number of aliphatic hydroxyl groups is 1. The van der Waals surface area contributed by atoms with Gasteiger partial charge >= 0.3 is 0 Å². The maximum absolute atomic E-state index is 12.3. The average molecular weight is 314 g/mol. The summed E-state index contributed by atoms with van der Waals surface area (Å²) in [5.41, 5.74) is 0.794. The summed E-state index contributed by atoms with van der Waals surface area (Å²) in [4.78, 5) is 4.15. The Balaban J connectivity index is 1.81. The first kappa shape index (κ1) is 16.4. The number of aromatic nitrogens is 1. The van der Waals surface area contributed by atoms with Gasteiger partial charge in [-0.25, -0.2) is 12.7 Å². The van der Waals surface area contributed by atoms with Crippen LogP contribution in [0.4, 0.5) is 0 Å². The standard InChI is InChI=1S/C14H22N2O4S/c17-10-11-20-14-4-8-16(9-5-14)21(18,19)12-6-13-3-1-2-7-15-13/h1-3,7,14,17H,4-6,8-12H2. The Kier molecular flexibility index (Phi) is 6.10. The molecule has 0 aliphatic carbocycles. The fourth-order valence-corrected chi connectivity index (χ4v) is 3.90. The zero-order valence-electron chi connectivity index (χ0n) is 12.0. The largest absolute Gasteiger partial charge is 0.394 e. The smallest absolute Gasteiger partial charge is 0.214 e. The van der Waals surface area contributed by atoms with Gasteiger partial charge in [0.05, 0.1) is 25.1 Å². The number of rotatable bonds is 7. The van der Waals surface area contributed by atoms with Gasteiger partial charge in [-0.05, 0) is 25.0 Å². The molecule has 1 fully saturated rings. The summed E-state index contributed by atoms with van der Waals surface area (Å²) in [6, 6.07) is 5.51. The van der Waals surface area contributed by atoms with Crippen molar-refractivity contribution in [2.45, 2.75) is 25.4 Å². The van der Waals surface area contributed by atoms with Gasteiger partial charge in [-0.15, -0.1) is 0 Å². The fraction of sp³-hybridized carbons (Fsp3) is 0.643. The van der Waals surface area contributed by atoms with Crippen molar-refractivity contribution in [3.05, 3.63) is 30.1 Å². The van der Waals surface area contributed by atoms with E-state index < -0.39 is 10.0 Å². The number of ether oxygens (including phenoxy) is 1. The molecule has 0 atom stereocenters. The molecule has 1 aromatic rings. The van der Waals surface area contributed by atoms with Crippen LogP contribution in [0.25, 0.3) is 0 Å². The van der Waals surface area contributed by atoms with Gasteiger partial charge < -0.3 is 9.84 Å². The minimum atomic E-state index is -3.24. The zero-order valence-corrected chi connectivity index (χ0v) is 12.8. The molecule has 0 saturated carbocycles. The molecule has 6 nitrogen and oxygen atoms in total. The number of pyridine rings is 1. The number of hydrogen-bond donors (Lipinski definition) is 1. The number of nitrogens with zero attached hydrogens (tertiary/aromatic N) is 2. The first-order chi connectivity index (χ1) is 10.1. The van der Waals surface area contributed by atoms with Crippen molar-refractivity contribution in [2.75, 3.05) is 32.1 Å². The molecule has 0 radical (unpaired) electrons. The van der Waals surface area contributed by atoms with E-state index in [1.807, 2.05) is 18.2 Å². The molecular formula is C14H22N2O4S. The van der Waals surface area contributed by atoms with E-state index in [0.29, 0.717) is 39.0 Å². The Morgan fingerprint density at radius 2 is 2.10 bits per heavy atom. The molecule has 7 heteroatoms. The van der Waals surface area contributed by atoms with Crippen molar-refractivity contribution >= 4 is 10.0 Å². The van der Waals surface area contributed by atoms with Gasteiger partial charge in [-0.1, -0.05) is 6.07 Å². The van der Waals surface area contributed by atoms with Crippen LogP contribution in [0, 0.1) is 0 Å². The van der Waals surface area contributed by atoms with Crippen LogP contribution in [0.5, 0.6) is 0 Å². The maximum atomic E-state index is 12.3. The summed E-state index contributed by atoms with van der Waals surface area (Å²) in [5.74, 6) is 0.0895. The minimum Gasteiger partial charge on any atom is -0.394 e. The van der Waals surface area contributed by atoms with E-state index >= 15 is 0 Å². The Morgan fingerprint density at radius 3 is 2.71 bits per heavy atom. The topological polar surface area (TPSA) is 79.7 Å². The molecule has 1 saturated heterocycles. The number of hydrogen-bond acceptors (Lipinski definition) is 5. The van der Waals surface area contributed by atoms with E-state index in [1.165, 1.54) is 4.31 Å². The minimum absolute atomic E-state index is 0.00257. The molecule has 2 rings (SSSR count). The van der Waals surface area contributed by atoms with E-state index in [9.17, 15) is 8.42 Å². The van der Waals surface area contributed by atoms with Crippen molar-refractivity contribution in [1.82, 2.24) is 9.29 Å². The normalized spacial score (nSPS) is 18.0. The average Bonchev–Trinajstić information content (AvgIpc) is 2.52.